The molecule has 0 unspecified atom stereocenters. The van der Waals surface area contributed by atoms with Crippen molar-refractivity contribution in [2.75, 3.05) is 22.1 Å². The summed E-state index contributed by atoms with van der Waals surface area (Å²) >= 11 is 8.76. The van der Waals surface area contributed by atoms with Gasteiger partial charge in [-0.3, -0.25) is 52.4 Å². The number of nitrogen functional groups attached to an aromatic ring is 2. The van der Waals surface area contributed by atoms with Crippen LogP contribution >= 0.6 is 27.5 Å². The largest absolute Gasteiger partial charge is 0.454 e. The average molecular weight is 1390 g/mol. The van der Waals surface area contributed by atoms with Gasteiger partial charge >= 0.3 is 7.12 Å². The Morgan fingerprint density at radius 3 is 1.23 bits per heavy atom. The van der Waals surface area contributed by atoms with E-state index in [0.29, 0.717) is 79.0 Å². The molecule has 10 heterocycles. The van der Waals surface area contributed by atoms with E-state index in [0.717, 1.165) is 162 Å². The van der Waals surface area contributed by atoms with Crippen LogP contribution in [-0.4, -0.2) is 88.5 Å². The van der Waals surface area contributed by atoms with Crippen LogP contribution in [0.3, 0.4) is 0 Å². The summed E-state index contributed by atoms with van der Waals surface area (Å²) in [5.74, 6) is 3.58. The normalized spacial score (nSPS) is 19.3. The first-order valence-corrected chi connectivity index (χ1v) is 34.6. The summed E-state index contributed by atoms with van der Waals surface area (Å²) in [6, 6.07) is 5.26. The lowest BCUT2D eigenvalue weighted by Gasteiger charge is -2.35. The highest BCUT2D eigenvalue weighted by atomic mass is 79.9. The number of carbonyl (C=O) groups excluding carboxylic acids is 3. The first-order valence-electron chi connectivity index (χ1n) is 33.4. The van der Waals surface area contributed by atoms with Crippen LogP contribution in [0, 0.1) is 20.8 Å². The van der Waals surface area contributed by atoms with Gasteiger partial charge < -0.3 is 48.1 Å². The van der Waals surface area contributed by atoms with Gasteiger partial charge in [0.05, 0.1) is 22.1 Å². The zero-order valence-corrected chi connectivity index (χ0v) is 56.5. The number of anilines is 6. The van der Waals surface area contributed by atoms with Crippen LogP contribution in [0.2, 0.25) is 10.8 Å². The molecule has 504 valence electrons. The van der Waals surface area contributed by atoms with E-state index in [-0.39, 0.29) is 40.2 Å². The van der Waals surface area contributed by atoms with E-state index in [4.69, 9.17) is 33.1 Å². The van der Waals surface area contributed by atoms with Crippen molar-refractivity contribution >= 4 is 87.0 Å². The van der Waals surface area contributed by atoms with Gasteiger partial charge in [0.25, 0.3) is 34.4 Å². The molecule has 7 aliphatic carbocycles. The molecule has 0 radical (unpaired) electrons. The molecule has 3 amide bonds. The summed E-state index contributed by atoms with van der Waals surface area (Å²) in [6.07, 6.45) is 36.2. The Morgan fingerprint density at radius 2 is 0.885 bits per heavy atom. The molecule has 0 saturated heterocycles. The number of fused-ring (bicyclic) bond motifs is 6. The molecule has 29 heteroatoms. The molecule has 7 aromatic heterocycles. The third-order valence-corrected chi connectivity index (χ3v) is 20.4. The van der Waals surface area contributed by atoms with Crippen LogP contribution in [0.5, 0.6) is 0 Å². The third kappa shape index (κ3) is 14.3. The number of nitrogens with two attached hydrogens (primary N) is 2. The molecule has 7 fully saturated rings. The van der Waals surface area contributed by atoms with Crippen molar-refractivity contribution in [1.29, 1.82) is 0 Å². The number of aromatic nitrogens is 11. The fraction of sp³-hybridized carbons (Fsp3) is 0.493. The molecule has 96 heavy (non-hydrogen) atoms. The maximum absolute atomic E-state index is 13.4. The van der Waals surface area contributed by atoms with Crippen LogP contribution in [0.25, 0.3) is 0 Å². The predicted molar refractivity (Wildman–Crippen MR) is 367 cm³/mol. The van der Waals surface area contributed by atoms with Crippen molar-refractivity contribution in [2.24, 2.45) is 0 Å². The lowest BCUT2D eigenvalue weighted by atomic mass is 9.84. The van der Waals surface area contributed by atoms with Crippen LogP contribution < -0.4 is 54.7 Å². The van der Waals surface area contributed by atoms with E-state index in [2.05, 4.69) is 82.4 Å². The topological polar surface area (TPSA) is 373 Å². The van der Waals surface area contributed by atoms with Crippen LogP contribution in [0.15, 0.2) is 86.9 Å². The average Bonchev–Trinajstić information content (AvgIpc) is 1.58. The van der Waals surface area contributed by atoms with E-state index in [1.54, 1.807) is 56.7 Å². The SMILES string of the molecule is Cc1cc(Br)c(=O)n2c1C(=O)NC21CCCCC1.Cc1cc(Nc2nccnc2C2CC2)c(=O)n2c1C(=O)NC21CCCCC1.Cc1cc(Nc2nccnc2C2CC2)c(=O)n2c1C(=O)NC21CCCCC1.Nc1ncncc1C1CC1.Nc1ncncc1Cl.OB(O)C1CC1. The second-order valence-electron chi connectivity index (χ2n) is 26.8. The predicted octanol–water partition coefficient (Wildman–Crippen LogP) is 9.41. The highest BCUT2D eigenvalue weighted by Gasteiger charge is 2.48. The molecular weight excluding hydrogens is 1310 g/mol. The van der Waals surface area contributed by atoms with Crippen LogP contribution in [0.1, 0.15) is 231 Å². The van der Waals surface area contributed by atoms with Gasteiger partial charge in [0.2, 0.25) is 0 Å². The number of rotatable bonds is 8. The zero-order chi connectivity index (χ0) is 67.6. The summed E-state index contributed by atoms with van der Waals surface area (Å²) in [4.78, 5) is 109. The van der Waals surface area contributed by atoms with Gasteiger partial charge in [-0.2, -0.15) is 0 Å². The summed E-state index contributed by atoms with van der Waals surface area (Å²) in [5, 5.41) is 32.6. The third-order valence-electron chi connectivity index (χ3n) is 19.6. The number of nitrogens with one attached hydrogen (secondary N) is 5. The lowest BCUT2D eigenvalue weighted by molar-refractivity contribution is 0.0867. The molecule has 0 atom stereocenters. The minimum Gasteiger partial charge on any atom is -0.427 e. The Hall–Kier alpha value is -8.47. The van der Waals surface area contributed by atoms with Crippen molar-refractivity contribution in [1.82, 2.24) is 69.5 Å². The van der Waals surface area contributed by atoms with Crippen LogP contribution in [-0.2, 0) is 17.0 Å². The van der Waals surface area contributed by atoms with Crippen LogP contribution in [0.4, 0.5) is 34.6 Å². The Balaban J connectivity index is 0.000000119. The number of carbonyl (C=O) groups is 3. The Bertz CT molecular complexity index is 4110. The van der Waals surface area contributed by atoms with E-state index < -0.39 is 24.1 Å². The Labute approximate surface area is 568 Å². The molecule has 0 aromatic carbocycles. The molecule has 11 N–H and O–H groups in total. The first kappa shape index (κ1) is 67.5. The second-order valence-corrected chi connectivity index (χ2v) is 28.0. The number of hydrogen-bond acceptors (Lipinski definition) is 20. The van der Waals surface area contributed by atoms with E-state index >= 15 is 0 Å². The molecule has 17 rings (SSSR count). The number of pyridine rings is 3. The first-order chi connectivity index (χ1) is 46.2. The molecule has 0 bridgehead atoms. The molecule has 7 aromatic rings. The van der Waals surface area contributed by atoms with Gasteiger partial charge in [0.1, 0.15) is 74.8 Å². The number of nitrogens with zero attached hydrogens (tertiary/aromatic N) is 11. The summed E-state index contributed by atoms with van der Waals surface area (Å²) < 4.78 is 5.64. The minimum atomic E-state index is -1.04. The van der Waals surface area contributed by atoms with Gasteiger partial charge in [-0.1, -0.05) is 43.7 Å². The van der Waals surface area contributed by atoms with Crippen molar-refractivity contribution in [3.63, 3.8) is 0 Å². The van der Waals surface area contributed by atoms with Gasteiger partial charge in [-0.15, -0.1) is 0 Å². The summed E-state index contributed by atoms with van der Waals surface area (Å²) in [7, 11) is -1.04. The van der Waals surface area contributed by atoms with Gasteiger partial charge in [0, 0.05) is 48.4 Å². The van der Waals surface area contributed by atoms with Crippen molar-refractivity contribution < 1.29 is 24.4 Å². The highest BCUT2D eigenvalue weighted by molar-refractivity contribution is 9.10. The van der Waals surface area contributed by atoms with Gasteiger partial charge in [-0.25, -0.2) is 29.9 Å². The second kappa shape index (κ2) is 28.3. The summed E-state index contributed by atoms with van der Waals surface area (Å²) in [5.41, 5.74) is 16.6. The molecule has 3 spiro atoms. The van der Waals surface area contributed by atoms with Gasteiger partial charge in [0.15, 0.2) is 11.6 Å². The van der Waals surface area contributed by atoms with Crippen molar-refractivity contribution in [3.8, 4) is 0 Å². The molecule has 26 nitrogen and oxygen atoms in total. The minimum absolute atomic E-state index is 0.101. The lowest BCUT2D eigenvalue weighted by Crippen LogP contribution is -2.48. The fourth-order valence-electron chi connectivity index (χ4n) is 14.1. The van der Waals surface area contributed by atoms with E-state index in [1.807, 2.05) is 27.0 Å². The maximum atomic E-state index is 13.4. The van der Waals surface area contributed by atoms with E-state index in [1.165, 1.54) is 38.1 Å². The van der Waals surface area contributed by atoms with Crippen molar-refractivity contribution in [2.45, 2.75) is 209 Å². The zero-order valence-electron chi connectivity index (χ0n) is 54.2. The summed E-state index contributed by atoms with van der Waals surface area (Å²) in [6.45, 7) is 5.64. The molecular formula is C67H81BBrClN18O8. The molecule has 7 saturated carbocycles. The highest BCUT2D eigenvalue weighted by Crippen LogP contribution is 2.46. The van der Waals surface area contributed by atoms with Gasteiger partial charge in [-0.05, 0) is 199 Å². The number of amides is 3. The smallest absolute Gasteiger partial charge is 0.427 e. The quantitative estimate of drug-likeness (QED) is 0.0639. The van der Waals surface area contributed by atoms with Crippen molar-refractivity contribution in [3.05, 3.63) is 159 Å². The fourth-order valence-corrected chi connectivity index (χ4v) is 14.7. The standard InChI is InChI=1S/2C20H23N5O2.C13H15BrN2O2.C7H9N3.C4H4ClN3.C3H7BO2/c2*1-12-11-14(23-17-15(13-5-6-13)21-9-10-22-17)19(27)25-16(12)18(26)24-20(25)7-3-2-4-8-20;1-8-7-9(14)12(18)16-10(8)11(17)15-13(16)5-3-2-4-6-13;8-7-6(5-1-2-5)3-9-4-10-7;5-3-1-7-2-8-4(3)6;5-4(6)3-1-2-3/h2*9-11,13H,2-8H2,1H3,(H,22,23)(H,24,26);7H,2-6H2,1H3,(H,15,17);3-5H,1-2H2,(H2,8,9,10);1-2H,(H2,6,7,8);3,5-6H,1-2H2. The maximum Gasteiger partial charge on any atom is 0.454 e. The molecule has 3 aliphatic heterocycles. The number of hydrogen-bond donors (Lipinski definition) is 9. The Kier molecular flexibility index (Phi) is 19.9. The molecule has 10 aliphatic rings. The monoisotopic (exact) mass is 1390 g/mol. The Morgan fingerprint density at radius 1 is 0.510 bits per heavy atom. The number of halogens is 2. The van der Waals surface area contributed by atoms with E-state index in [9.17, 15) is 28.8 Å². The number of aryl methyl sites for hydroxylation is 3.